The summed E-state index contributed by atoms with van der Waals surface area (Å²) in [5.74, 6) is 0.841. The standard InChI is InChI=1S/C28H27N3O4S/c1-4-34-23-12-10-21(11-13-23)30-28-31-27(33)25(36-28)16-20-6-5-7-24(15-20)35-17-26(32)29-22-9-8-18(2)19(3)14-22/h5-16H,4,17H2,1-3H3,(H,29,32)(H,30,31,33)/b25-16-. The largest absolute Gasteiger partial charge is 0.494 e. The van der Waals surface area contributed by atoms with Crippen LogP contribution in [0.4, 0.5) is 11.4 Å². The third-order valence-electron chi connectivity index (χ3n) is 5.35. The van der Waals surface area contributed by atoms with Crippen LogP contribution in [0.25, 0.3) is 6.08 Å². The molecule has 4 rings (SSSR count). The first-order chi connectivity index (χ1) is 17.4. The van der Waals surface area contributed by atoms with Crippen molar-refractivity contribution in [3.05, 3.63) is 88.3 Å². The van der Waals surface area contributed by atoms with Gasteiger partial charge in [-0.1, -0.05) is 18.2 Å². The maximum Gasteiger partial charge on any atom is 0.264 e. The summed E-state index contributed by atoms with van der Waals surface area (Å²) in [5.41, 5.74) is 4.51. The Kier molecular flexibility index (Phi) is 8.07. The Morgan fingerprint density at radius 1 is 1.00 bits per heavy atom. The molecule has 2 amide bonds. The highest BCUT2D eigenvalue weighted by molar-refractivity contribution is 8.18. The maximum atomic E-state index is 12.5. The average Bonchev–Trinajstić information content (AvgIpc) is 3.20. The molecular weight excluding hydrogens is 474 g/mol. The van der Waals surface area contributed by atoms with Crippen molar-refractivity contribution in [2.24, 2.45) is 4.99 Å². The lowest BCUT2D eigenvalue weighted by molar-refractivity contribution is -0.118. The van der Waals surface area contributed by atoms with Crippen LogP contribution in [0.1, 0.15) is 23.6 Å². The van der Waals surface area contributed by atoms with E-state index in [0.29, 0.717) is 22.4 Å². The Hall–Kier alpha value is -4.04. The minimum Gasteiger partial charge on any atom is -0.494 e. The normalized spacial score (nSPS) is 15.1. The van der Waals surface area contributed by atoms with Crippen molar-refractivity contribution >= 4 is 46.2 Å². The molecule has 1 heterocycles. The number of ether oxygens (including phenoxy) is 2. The number of benzene rings is 3. The van der Waals surface area contributed by atoms with E-state index in [1.807, 2.05) is 75.4 Å². The van der Waals surface area contributed by atoms with Crippen molar-refractivity contribution in [2.75, 3.05) is 18.5 Å². The Morgan fingerprint density at radius 3 is 2.56 bits per heavy atom. The van der Waals surface area contributed by atoms with Gasteiger partial charge in [0, 0.05) is 5.69 Å². The van der Waals surface area contributed by atoms with Gasteiger partial charge in [0.1, 0.15) is 11.5 Å². The van der Waals surface area contributed by atoms with Crippen LogP contribution in [-0.4, -0.2) is 30.2 Å². The van der Waals surface area contributed by atoms with Crippen molar-refractivity contribution in [3.63, 3.8) is 0 Å². The molecule has 184 valence electrons. The molecule has 1 aliphatic heterocycles. The zero-order chi connectivity index (χ0) is 25.5. The quantitative estimate of drug-likeness (QED) is 0.392. The zero-order valence-electron chi connectivity index (χ0n) is 20.3. The Balaban J connectivity index is 1.36. The first-order valence-corrected chi connectivity index (χ1v) is 12.3. The fourth-order valence-electron chi connectivity index (χ4n) is 3.39. The van der Waals surface area contributed by atoms with Crippen LogP contribution >= 0.6 is 11.8 Å². The highest BCUT2D eigenvalue weighted by atomic mass is 32.2. The first-order valence-electron chi connectivity index (χ1n) is 11.5. The fraction of sp³-hybridized carbons (Fsp3) is 0.179. The molecule has 0 aliphatic carbocycles. The van der Waals surface area contributed by atoms with Crippen LogP contribution in [0.3, 0.4) is 0 Å². The number of aliphatic imine (C=N–C) groups is 1. The Bertz CT molecular complexity index is 1330. The number of rotatable bonds is 8. The zero-order valence-corrected chi connectivity index (χ0v) is 21.1. The molecule has 0 radical (unpaired) electrons. The number of thioether (sulfide) groups is 1. The molecule has 3 aromatic carbocycles. The lowest BCUT2D eigenvalue weighted by Gasteiger charge is -2.09. The summed E-state index contributed by atoms with van der Waals surface area (Å²) >= 11 is 1.26. The second kappa shape index (κ2) is 11.6. The predicted molar refractivity (Wildman–Crippen MR) is 145 cm³/mol. The van der Waals surface area contributed by atoms with Gasteiger partial charge in [-0.25, -0.2) is 4.99 Å². The number of amidine groups is 1. The summed E-state index contributed by atoms with van der Waals surface area (Å²) in [5, 5.41) is 6.13. The molecule has 0 atom stereocenters. The van der Waals surface area contributed by atoms with Crippen molar-refractivity contribution in [2.45, 2.75) is 20.8 Å². The second-order valence-electron chi connectivity index (χ2n) is 8.12. The molecule has 8 heteroatoms. The highest BCUT2D eigenvalue weighted by Crippen LogP contribution is 2.29. The van der Waals surface area contributed by atoms with Gasteiger partial charge in [0.2, 0.25) is 0 Å². The van der Waals surface area contributed by atoms with Crippen molar-refractivity contribution in [1.82, 2.24) is 5.32 Å². The van der Waals surface area contributed by atoms with Crippen LogP contribution in [0.5, 0.6) is 11.5 Å². The molecule has 36 heavy (non-hydrogen) atoms. The van der Waals surface area contributed by atoms with E-state index < -0.39 is 0 Å². The fourth-order valence-corrected chi connectivity index (χ4v) is 4.23. The molecule has 1 fully saturated rings. The number of anilines is 1. The molecule has 0 aromatic heterocycles. The molecule has 3 aromatic rings. The van der Waals surface area contributed by atoms with Gasteiger partial charge in [-0.2, -0.15) is 0 Å². The number of hydrogen-bond acceptors (Lipinski definition) is 6. The van der Waals surface area contributed by atoms with E-state index in [9.17, 15) is 9.59 Å². The predicted octanol–water partition coefficient (Wildman–Crippen LogP) is 5.61. The van der Waals surface area contributed by atoms with E-state index in [-0.39, 0.29) is 18.4 Å². The molecule has 0 unspecified atom stereocenters. The maximum absolute atomic E-state index is 12.5. The number of hydrogen-bond donors (Lipinski definition) is 2. The lowest BCUT2D eigenvalue weighted by Crippen LogP contribution is -2.20. The number of carbonyl (C=O) groups excluding carboxylic acids is 2. The topological polar surface area (TPSA) is 89.0 Å². The van der Waals surface area contributed by atoms with E-state index in [1.165, 1.54) is 17.3 Å². The van der Waals surface area contributed by atoms with Crippen LogP contribution < -0.4 is 20.1 Å². The van der Waals surface area contributed by atoms with Gasteiger partial charge in [0.15, 0.2) is 11.8 Å². The number of aryl methyl sites for hydroxylation is 2. The molecule has 0 saturated carbocycles. The molecule has 1 saturated heterocycles. The third kappa shape index (κ3) is 6.76. The van der Waals surface area contributed by atoms with Gasteiger partial charge >= 0.3 is 0 Å². The van der Waals surface area contributed by atoms with E-state index in [2.05, 4.69) is 15.6 Å². The lowest BCUT2D eigenvalue weighted by atomic mass is 10.1. The first kappa shape index (κ1) is 25.1. The van der Waals surface area contributed by atoms with Gasteiger partial charge < -0.3 is 20.1 Å². The summed E-state index contributed by atoms with van der Waals surface area (Å²) in [7, 11) is 0. The Morgan fingerprint density at radius 2 is 1.81 bits per heavy atom. The number of nitrogens with zero attached hydrogens (tertiary/aromatic N) is 1. The summed E-state index contributed by atoms with van der Waals surface area (Å²) in [6.07, 6.45) is 1.77. The minimum absolute atomic E-state index is 0.124. The van der Waals surface area contributed by atoms with Crippen LogP contribution in [0.15, 0.2) is 76.6 Å². The van der Waals surface area contributed by atoms with E-state index in [4.69, 9.17) is 9.47 Å². The Labute approximate surface area is 214 Å². The second-order valence-corrected chi connectivity index (χ2v) is 9.15. The SMILES string of the molecule is CCOc1ccc(N=C2NC(=O)/C(=C/c3cccc(OCC(=O)Nc4ccc(C)c(C)c4)c3)S2)cc1. The van der Waals surface area contributed by atoms with Crippen LogP contribution in [-0.2, 0) is 9.59 Å². The van der Waals surface area contributed by atoms with Crippen molar-refractivity contribution < 1.29 is 19.1 Å². The number of amides is 2. The van der Waals surface area contributed by atoms with Crippen LogP contribution in [0.2, 0.25) is 0 Å². The van der Waals surface area contributed by atoms with Gasteiger partial charge in [0.25, 0.3) is 11.8 Å². The smallest absolute Gasteiger partial charge is 0.264 e. The summed E-state index contributed by atoms with van der Waals surface area (Å²) < 4.78 is 11.1. The molecular formula is C28H27N3O4S. The van der Waals surface area contributed by atoms with Crippen LogP contribution in [0, 0.1) is 13.8 Å². The van der Waals surface area contributed by atoms with E-state index >= 15 is 0 Å². The summed E-state index contributed by atoms with van der Waals surface area (Å²) in [6, 6.07) is 20.4. The third-order valence-corrected chi connectivity index (χ3v) is 6.26. The number of nitrogens with one attached hydrogen (secondary N) is 2. The minimum atomic E-state index is -0.247. The molecule has 0 spiro atoms. The van der Waals surface area contributed by atoms with Gasteiger partial charge in [-0.15, -0.1) is 0 Å². The monoisotopic (exact) mass is 501 g/mol. The molecule has 2 N–H and O–H groups in total. The highest BCUT2D eigenvalue weighted by Gasteiger charge is 2.23. The molecule has 0 bridgehead atoms. The van der Waals surface area contributed by atoms with Crippen molar-refractivity contribution in [1.29, 1.82) is 0 Å². The van der Waals surface area contributed by atoms with Crippen molar-refractivity contribution in [3.8, 4) is 11.5 Å². The van der Waals surface area contributed by atoms with Gasteiger partial charge in [-0.05, 0) is 104 Å². The van der Waals surface area contributed by atoms with Gasteiger partial charge in [-0.3, -0.25) is 9.59 Å². The van der Waals surface area contributed by atoms with E-state index in [0.717, 1.165) is 28.3 Å². The average molecular weight is 502 g/mol. The van der Waals surface area contributed by atoms with Gasteiger partial charge in [0.05, 0.1) is 17.2 Å². The molecule has 7 nitrogen and oxygen atoms in total. The number of carbonyl (C=O) groups is 2. The molecule has 1 aliphatic rings. The van der Waals surface area contributed by atoms with E-state index in [1.54, 1.807) is 18.2 Å². The summed E-state index contributed by atoms with van der Waals surface area (Å²) in [6.45, 7) is 6.43. The summed E-state index contributed by atoms with van der Waals surface area (Å²) in [4.78, 5) is 29.8.